The van der Waals surface area contributed by atoms with Crippen LogP contribution in [-0.2, 0) is 41.9 Å². The fraction of sp³-hybridized carbons (Fsp3) is 0.222. The van der Waals surface area contributed by atoms with Crippen molar-refractivity contribution in [2.45, 2.75) is 85.0 Å². The number of nitro groups is 4. The Balaban J connectivity index is 0. The molecule has 12 aromatic rings. The van der Waals surface area contributed by atoms with Crippen molar-refractivity contribution in [1.29, 1.82) is 0 Å². The van der Waals surface area contributed by atoms with E-state index >= 15 is 0 Å². The first-order valence-corrected chi connectivity index (χ1v) is 43.2. The average Bonchev–Trinajstić information content (AvgIpc) is 0.833. The third kappa shape index (κ3) is 38.8. The number of nitrogens with one attached hydrogen (secondary N) is 6. The van der Waals surface area contributed by atoms with E-state index in [2.05, 4.69) is 333 Å². The van der Waals surface area contributed by atoms with Crippen molar-refractivity contribution in [2.24, 2.45) is 0 Å². The van der Waals surface area contributed by atoms with E-state index in [1.165, 1.54) is 90.9 Å². The molecule has 42 heteroatoms. The number of hydrogen-bond acceptors (Lipinski definition) is 25. The number of carbonyl (C=O) groups is 1. The fourth-order valence-electron chi connectivity index (χ4n) is 9.41. The van der Waals surface area contributed by atoms with E-state index in [-0.39, 0.29) is 100 Å². The van der Waals surface area contributed by atoms with Gasteiger partial charge in [0.05, 0.1) is 89.4 Å². The van der Waals surface area contributed by atoms with Gasteiger partial charge in [0.2, 0.25) is 5.91 Å². The number of anilines is 5. The van der Waals surface area contributed by atoms with Crippen LogP contribution in [0, 0.1) is 118 Å². The molecule has 0 bridgehead atoms. The second kappa shape index (κ2) is 61.6. The van der Waals surface area contributed by atoms with Crippen molar-refractivity contribution in [3.8, 4) is 59.2 Å². The first-order valence-electron chi connectivity index (χ1n) is 34.3. The number of amides is 1. The molecule has 123 heavy (non-hydrogen) atoms. The molecule has 6 aromatic heterocycles. The van der Waals surface area contributed by atoms with Crippen LogP contribution in [0.15, 0.2) is 133 Å². The minimum atomic E-state index is -0.564. The Morgan fingerprint density at radius 3 is 1.18 bits per heavy atom. The molecule has 0 spiro atoms. The van der Waals surface area contributed by atoms with E-state index in [0.717, 1.165) is 35.1 Å². The standard InChI is InChI=1S/C15H14N4O.C12H10N4O2.C12H12N4.C11H6ClN3O2.C11H7N3O3.C9H7N3O3.C2H3I3.C2H4I2.C2H5I.C2H4I.C2H5.CH4.2V/c1-4-6-10-7-13-11(15(16-3)18-9-17-13)8-12(10)19-14(20)5-2;1-3-4-8-5-10-9(6-11(8)16(17)18)12(13-2)15-7-14-10;1-3-4-8-5-11-9(6-10(8)13)12(14-2)16-7-15-11;1-2-3-7-4-9-8(5-10(7)15(16)17)11(12)14-6-13-9;1-2-3-7-4-9-8(5-10(7)14(16)17)11(15)13-6-12-9;1-5-2-7-6(3-8(5)12(14)15)9(13)11-4-10-7;1-2(3,4)5;1-2(3)4;2*1-2-3;1-2;;;/h5,7-9H,2H2,1,3H3,(H,19,20)(H,16,17,18);5-7H,1-2H3,(H,13,14,15);5-7H,13H2,1-2H3,(H,14,15,16);4-6H,1H3;4-6H,1H3,(H,12,13,15);2-4H,1H3,(H,10,11,13);1H3;2H,1H3;2H2,1H3;2H,1H3;1H2,2H3;1H4;;/q;;;;;;;;;2*-1;;;. The molecule has 8 N–H and O–H groups in total. The normalized spacial score (nSPS) is 9.30. The van der Waals surface area contributed by atoms with Gasteiger partial charge in [-0.2, -0.15) is 13.8 Å². The Labute approximate surface area is 835 Å². The third-order valence-corrected chi connectivity index (χ3v) is 14.3. The number of nitrogens with two attached hydrogens (primary N) is 1. The molecule has 0 saturated heterocycles. The van der Waals surface area contributed by atoms with Gasteiger partial charge in [0, 0.05) is 121 Å². The van der Waals surface area contributed by atoms with Gasteiger partial charge in [-0.15, -0.1) is 29.6 Å². The summed E-state index contributed by atoms with van der Waals surface area (Å²) in [4.78, 5) is 121. The fourth-order valence-corrected chi connectivity index (χ4v) is 9.60. The predicted octanol–water partition coefficient (Wildman–Crippen LogP) is 20.3. The van der Waals surface area contributed by atoms with Gasteiger partial charge in [0.25, 0.3) is 33.9 Å². The van der Waals surface area contributed by atoms with Crippen molar-refractivity contribution < 1.29 is 61.6 Å². The number of nitrogens with zero attached hydrogens (tertiary/aromatic N) is 14. The number of fused-ring (bicyclic) bond motifs is 6. The minimum absolute atomic E-state index is 0. The molecule has 0 saturated carbocycles. The van der Waals surface area contributed by atoms with Crippen LogP contribution in [0.2, 0.25) is 5.15 Å². The van der Waals surface area contributed by atoms with Gasteiger partial charge in [-0.25, -0.2) is 49.8 Å². The Hall–Kier alpha value is -8.66. The number of aromatic amines is 2. The van der Waals surface area contributed by atoms with Gasteiger partial charge in [0.15, 0.2) is 0 Å². The van der Waals surface area contributed by atoms with E-state index in [4.69, 9.17) is 17.3 Å². The molecule has 0 aliphatic heterocycles. The molecule has 32 nitrogen and oxygen atoms in total. The number of H-pyrrole nitrogens is 2. The van der Waals surface area contributed by atoms with Gasteiger partial charge >= 0.3 is 0 Å². The molecule has 6 aromatic carbocycles. The first kappa shape index (κ1) is 116. The van der Waals surface area contributed by atoms with E-state index in [0.29, 0.717) is 77.5 Å². The van der Waals surface area contributed by atoms with Crippen LogP contribution in [0.3, 0.4) is 0 Å². The summed E-state index contributed by atoms with van der Waals surface area (Å²) in [6, 6.07) is 18.7. The average molecular weight is 2550 g/mol. The molecular weight excluding hydrogens is 2470 g/mol. The van der Waals surface area contributed by atoms with Crippen molar-refractivity contribution >= 4 is 293 Å². The van der Waals surface area contributed by atoms with Crippen LogP contribution in [0.4, 0.5) is 51.6 Å². The molecule has 12 rings (SSSR count). The van der Waals surface area contributed by atoms with Gasteiger partial charge in [-0.1, -0.05) is 198 Å². The first-order chi connectivity index (χ1) is 57.0. The Kier molecular flexibility index (Phi) is 58.3. The summed E-state index contributed by atoms with van der Waals surface area (Å²) in [5, 5.41) is 58.4. The molecule has 0 aliphatic carbocycles. The van der Waals surface area contributed by atoms with Crippen LogP contribution in [-0.4, -0.2) is 112 Å². The van der Waals surface area contributed by atoms with Gasteiger partial charge in [0.1, 0.15) is 64.0 Å². The van der Waals surface area contributed by atoms with E-state index in [1.807, 2.05) is 42.7 Å². The Morgan fingerprint density at radius 1 is 0.553 bits per heavy atom. The number of nitrogen functional groups attached to an aromatic ring is 1. The van der Waals surface area contributed by atoms with Crippen LogP contribution in [0.1, 0.15) is 110 Å². The van der Waals surface area contributed by atoms with Crippen molar-refractivity contribution in [2.75, 3.05) is 52.6 Å². The maximum atomic E-state index is 11.5. The number of halogens is 8. The number of aryl methyl sites for hydroxylation is 1. The maximum absolute atomic E-state index is 11.5. The molecule has 1 amide bonds. The van der Waals surface area contributed by atoms with Crippen molar-refractivity contribution in [3.63, 3.8) is 0 Å². The number of hydrogen-bond donors (Lipinski definition) is 7. The molecule has 0 aliphatic rings. The van der Waals surface area contributed by atoms with E-state index in [9.17, 15) is 54.8 Å². The largest absolute Gasteiger partial charge is 0.398 e. The van der Waals surface area contributed by atoms with Gasteiger partial charge in [-0.3, -0.25) is 59.3 Å². The number of nitro benzene ring substituents is 4. The number of rotatable bonds is 9. The zero-order valence-electron chi connectivity index (χ0n) is 67.5. The minimum Gasteiger partial charge on any atom is -0.398 e. The molecule has 2 radical (unpaired) electrons. The van der Waals surface area contributed by atoms with Crippen LogP contribution >= 0.6 is 170 Å². The Bertz CT molecular complexity index is 6130. The van der Waals surface area contributed by atoms with Crippen molar-refractivity contribution in [1.82, 2.24) is 59.8 Å². The second-order valence-corrected chi connectivity index (χ2v) is 44.0. The quantitative estimate of drug-likeness (QED) is 0.00812. The number of benzene rings is 6. The zero-order valence-corrected chi connectivity index (χ0v) is 86.1. The molecule has 0 unspecified atom stereocenters. The zero-order chi connectivity index (χ0) is 90.5. The smallest absolute Gasteiger partial charge is 0.285 e. The van der Waals surface area contributed by atoms with Crippen LogP contribution < -0.4 is 38.1 Å². The van der Waals surface area contributed by atoms with E-state index in [1.54, 1.807) is 68.6 Å². The van der Waals surface area contributed by atoms with Gasteiger partial charge < -0.3 is 66.5 Å². The Morgan fingerprint density at radius 2 is 0.829 bits per heavy atom. The maximum Gasteiger partial charge on any atom is 0.285 e. The third-order valence-electron chi connectivity index (χ3n) is 14.0. The summed E-state index contributed by atoms with van der Waals surface area (Å²) < 4.78 is 4.37. The summed E-state index contributed by atoms with van der Waals surface area (Å²) >= 11 is 22.0. The van der Waals surface area contributed by atoms with Crippen LogP contribution in [0.5, 0.6) is 0 Å². The second-order valence-electron chi connectivity index (χ2n) is 22.1. The van der Waals surface area contributed by atoms with Crippen molar-refractivity contribution in [3.05, 3.63) is 234 Å². The van der Waals surface area contributed by atoms with Crippen LogP contribution in [0.25, 0.3) is 65.4 Å². The topological polar surface area (TPSA) is 458 Å². The summed E-state index contributed by atoms with van der Waals surface area (Å²) in [6.45, 7) is 26.8. The molecular formula is C81H81ClI7N21O11V2-2. The van der Waals surface area contributed by atoms with E-state index < -0.39 is 25.3 Å². The SMILES string of the molecule is C.C=CC(=O)Nc1cc2c(NC)ncnc2cc1C#CC.CC#Cc1cc2nc[nH]c(=O)c2cc1[N+](=O)[O-].CC#Cc1cc2ncnc(Cl)c2cc1[N+](=O)[O-].CC#Cc1cc2ncnc(NC)c2cc1N.CC#Cc1cc2ncnc(NC)c2cc1[N+](=O)[O-].CC(I)(I)I.CC(I)I.CCI.C[CH-]I.Cc1cc2nc[nH]c(=O)c2cc1[N+](=O)[O-].[CH2-]C.[V].[V]. The van der Waals surface area contributed by atoms with Gasteiger partial charge in [-0.05, 0) is 114 Å². The summed E-state index contributed by atoms with van der Waals surface area (Å²) in [5.74, 6) is 29.2. The predicted molar refractivity (Wildman–Crippen MR) is 548 cm³/mol. The summed E-state index contributed by atoms with van der Waals surface area (Å²) in [7, 11) is 5.30. The summed E-state index contributed by atoms with van der Waals surface area (Å²) in [6.07, 6.45) is 9.46. The monoisotopic (exact) mass is 2550 g/mol. The molecule has 0 atom stereocenters. The molecule has 6 heterocycles. The molecule has 644 valence electrons. The number of carbonyl (C=O) groups excluding carboxylic acids is 1. The molecule has 0 fully saturated rings. The number of aromatic nitrogens is 12. The summed E-state index contributed by atoms with van der Waals surface area (Å²) in [5.41, 5.74) is 12.5. The number of alkyl halides is 6.